The van der Waals surface area contributed by atoms with Crippen molar-refractivity contribution in [3.8, 4) is 5.75 Å². The summed E-state index contributed by atoms with van der Waals surface area (Å²) < 4.78 is 0. The highest BCUT2D eigenvalue weighted by Crippen LogP contribution is 2.24. The van der Waals surface area contributed by atoms with Gasteiger partial charge in [-0.1, -0.05) is 0 Å². The Hall–Kier alpha value is -1.84. The SMILES string of the molecule is CC(=Cc1cc(C)c(O)c(C)c1)[N+](=O)[O-]. The Labute approximate surface area is 88.0 Å². The van der Waals surface area contributed by atoms with Gasteiger partial charge in [-0.3, -0.25) is 10.1 Å². The largest absolute Gasteiger partial charge is 0.507 e. The van der Waals surface area contributed by atoms with Crippen molar-refractivity contribution in [3.63, 3.8) is 0 Å². The molecule has 0 aromatic heterocycles. The first-order valence-electron chi connectivity index (χ1n) is 4.54. The molecule has 0 unspecified atom stereocenters. The third-order valence-corrected chi connectivity index (χ3v) is 2.18. The van der Waals surface area contributed by atoms with Crippen LogP contribution >= 0.6 is 0 Å². The summed E-state index contributed by atoms with van der Waals surface area (Å²) in [5.74, 6) is 0.242. The number of hydrogen-bond donors (Lipinski definition) is 1. The highest BCUT2D eigenvalue weighted by molar-refractivity contribution is 5.56. The van der Waals surface area contributed by atoms with Crippen LogP contribution < -0.4 is 0 Å². The molecule has 15 heavy (non-hydrogen) atoms. The lowest BCUT2D eigenvalue weighted by Crippen LogP contribution is -1.93. The summed E-state index contributed by atoms with van der Waals surface area (Å²) in [5.41, 5.74) is 2.26. The van der Waals surface area contributed by atoms with Gasteiger partial charge in [0.1, 0.15) is 5.75 Å². The van der Waals surface area contributed by atoms with Gasteiger partial charge >= 0.3 is 0 Å². The van der Waals surface area contributed by atoms with Gasteiger partial charge < -0.3 is 5.11 Å². The minimum absolute atomic E-state index is 0.0829. The first-order chi connectivity index (χ1) is 6.91. The van der Waals surface area contributed by atoms with Crippen LogP contribution in [0, 0.1) is 24.0 Å². The van der Waals surface area contributed by atoms with Gasteiger partial charge in [0.25, 0.3) is 0 Å². The smallest absolute Gasteiger partial charge is 0.243 e. The fraction of sp³-hybridized carbons (Fsp3) is 0.273. The first kappa shape index (κ1) is 11.2. The zero-order chi connectivity index (χ0) is 11.6. The van der Waals surface area contributed by atoms with Crippen LogP contribution in [0.15, 0.2) is 17.8 Å². The summed E-state index contributed by atoms with van der Waals surface area (Å²) in [6.07, 6.45) is 1.49. The molecular weight excluding hydrogens is 194 g/mol. The minimum atomic E-state index is -0.433. The van der Waals surface area contributed by atoms with E-state index in [0.717, 1.165) is 16.7 Å². The average Bonchev–Trinajstić information content (AvgIpc) is 2.13. The molecule has 0 amide bonds. The predicted molar refractivity (Wildman–Crippen MR) is 58.2 cm³/mol. The van der Waals surface area contributed by atoms with E-state index in [1.807, 2.05) is 0 Å². The Morgan fingerprint density at radius 1 is 1.40 bits per heavy atom. The summed E-state index contributed by atoms with van der Waals surface area (Å²) in [5, 5.41) is 19.9. The molecule has 0 saturated carbocycles. The molecule has 80 valence electrons. The topological polar surface area (TPSA) is 63.4 Å². The van der Waals surface area contributed by atoms with Gasteiger partial charge in [0.05, 0.1) is 4.92 Å². The number of rotatable bonds is 2. The van der Waals surface area contributed by atoms with E-state index in [-0.39, 0.29) is 11.4 Å². The number of phenolic OH excluding ortho intramolecular Hbond substituents is 1. The fourth-order valence-corrected chi connectivity index (χ4v) is 1.37. The number of aromatic hydroxyl groups is 1. The van der Waals surface area contributed by atoms with E-state index in [1.165, 1.54) is 13.0 Å². The van der Waals surface area contributed by atoms with Crippen molar-refractivity contribution < 1.29 is 10.0 Å². The molecule has 0 atom stereocenters. The number of nitrogens with zero attached hydrogens (tertiary/aromatic N) is 1. The molecule has 1 aromatic rings. The van der Waals surface area contributed by atoms with E-state index in [2.05, 4.69) is 0 Å². The molecule has 4 heteroatoms. The van der Waals surface area contributed by atoms with E-state index >= 15 is 0 Å². The van der Waals surface area contributed by atoms with Crippen molar-refractivity contribution in [3.05, 3.63) is 44.6 Å². The van der Waals surface area contributed by atoms with Gasteiger partial charge in [0.2, 0.25) is 5.70 Å². The molecule has 0 aliphatic carbocycles. The van der Waals surface area contributed by atoms with E-state index in [1.54, 1.807) is 26.0 Å². The van der Waals surface area contributed by atoms with Gasteiger partial charge in [0, 0.05) is 13.0 Å². The van der Waals surface area contributed by atoms with Gasteiger partial charge in [-0.05, 0) is 42.7 Å². The maximum atomic E-state index is 10.4. The molecule has 0 heterocycles. The minimum Gasteiger partial charge on any atom is -0.507 e. The van der Waals surface area contributed by atoms with Crippen LogP contribution in [0.25, 0.3) is 6.08 Å². The molecule has 0 radical (unpaired) electrons. The summed E-state index contributed by atoms with van der Waals surface area (Å²) in [7, 11) is 0. The zero-order valence-electron chi connectivity index (χ0n) is 8.94. The lowest BCUT2D eigenvalue weighted by atomic mass is 10.1. The number of hydrogen-bond acceptors (Lipinski definition) is 3. The van der Waals surface area contributed by atoms with Crippen LogP contribution in [0.2, 0.25) is 0 Å². The number of allylic oxidation sites excluding steroid dienone is 1. The van der Waals surface area contributed by atoms with E-state index < -0.39 is 4.92 Å². The molecule has 0 bridgehead atoms. The summed E-state index contributed by atoms with van der Waals surface area (Å²) in [6, 6.07) is 3.44. The second kappa shape index (κ2) is 4.13. The Kier molecular flexibility index (Phi) is 3.09. The molecule has 1 aromatic carbocycles. The number of aryl methyl sites for hydroxylation is 2. The first-order valence-corrected chi connectivity index (χ1v) is 4.54. The maximum Gasteiger partial charge on any atom is 0.243 e. The van der Waals surface area contributed by atoms with Crippen LogP contribution in [0.4, 0.5) is 0 Å². The van der Waals surface area contributed by atoms with Crippen LogP contribution in [-0.4, -0.2) is 10.0 Å². The van der Waals surface area contributed by atoms with Gasteiger partial charge in [0.15, 0.2) is 0 Å². The summed E-state index contributed by atoms with van der Waals surface area (Å²) in [4.78, 5) is 10.00. The van der Waals surface area contributed by atoms with E-state index in [4.69, 9.17) is 0 Å². The third-order valence-electron chi connectivity index (χ3n) is 2.18. The van der Waals surface area contributed by atoms with Gasteiger partial charge in [-0.25, -0.2) is 0 Å². The van der Waals surface area contributed by atoms with Crippen molar-refractivity contribution in [2.45, 2.75) is 20.8 Å². The van der Waals surface area contributed by atoms with Crippen LogP contribution in [0.5, 0.6) is 5.75 Å². The van der Waals surface area contributed by atoms with Crippen molar-refractivity contribution in [2.75, 3.05) is 0 Å². The molecule has 0 saturated heterocycles. The standard InChI is InChI=1S/C11H13NO3/c1-7-4-10(5-8(2)11(7)13)6-9(3)12(14)15/h4-6,13H,1-3H3. The fourth-order valence-electron chi connectivity index (χ4n) is 1.37. The maximum absolute atomic E-state index is 10.4. The molecule has 0 aliphatic heterocycles. The lowest BCUT2D eigenvalue weighted by Gasteiger charge is -2.04. The summed E-state index contributed by atoms with van der Waals surface area (Å²) in [6.45, 7) is 4.97. The molecule has 4 nitrogen and oxygen atoms in total. The lowest BCUT2D eigenvalue weighted by molar-refractivity contribution is -0.422. The molecule has 0 fully saturated rings. The number of benzene rings is 1. The zero-order valence-corrected chi connectivity index (χ0v) is 8.94. The Morgan fingerprint density at radius 3 is 2.27 bits per heavy atom. The van der Waals surface area contributed by atoms with Gasteiger partial charge in [-0.2, -0.15) is 0 Å². The molecule has 1 rings (SSSR count). The molecule has 1 N–H and O–H groups in total. The number of phenols is 1. The molecule has 0 spiro atoms. The van der Waals surface area contributed by atoms with Crippen LogP contribution in [0.1, 0.15) is 23.6 Å². The Bertz CT molecular complexity index is 412. The predicted octanol–water partition coefficient (Wildman–Crippen LogP) is 2.65. The average molecular weight is 207 g/mol. The monoisotopic (exact) mass is 207 g/mol. The van der Waals surface area contributed by atoms with E-state index in [9.17, 15) is 15.2 Å². The molecule has 0 aliphatic rings. The van der Waals surface area contributed by atoms with Crippen molar-refractivity contribution >= 4 is 6.08 Å². The Balaban J connectivity index is 3.18. The highest BCUT2D eigenvalue weighted by Gasteiger charge is 2.05. The second-order valence-corrected chi connectivity index (χ2v) is 3.55. The number of nitro groups is 1. The van der Waals surface area contributed by atoms with Crippen LogP contribution in [-0.2, 0) is 0 Å². The molecular formula is C11H13NO3. The van der Waals surface area contributed by atoms with Crippen molar-refractivity contribution in [1.29, 1.82) is 0 Å². The van der Waals surface area contributed by atoms with Crippen molar-refractivity contribution in [1.82, 2.24) is 0 Å². The van der Waals surface area contributed by atoms with E-state index in [0.29, 0.717) is 0 Å². The third kappa shape index (κ3) is 2.56. The Morgan fingerprint density at radius 2 is 1.87 bits per heavy atom. The second-order valence-electron chi connectivity index (χ2n) is 3.55. The normalized spacial score (nSPS) is 11.5. The van der Waals surface area contributed by atoms with Crippen molar-refractivity contribution in [2.24, 2.45) is 0 Å². The quantitative estimate of drug-likeness (QED) is 0.599. The summed E-state index contributed by atoms with van der Waals surface area (Å²) >= 11 is 0. The van der Waals surface area contributed by atoms with Crippen LogP contribution in [0.3, 0.4) is 0 Å². The highest BCUT2D eigenvalue weighted by atomic mass is 16.6. The van der Waals surface area contributed by atoms with Gasteiger partial charge in [-0.15, -0.1) is 0 Å².